The van der Waals surface area contributed by atoms with Gasteiger partial charge >= 0.3 is 0 Å². The smallest absolute Gasteiger partial charge is 0.281 e. The van der Waals surface area contributed by atoms with Crippen LogP contribution in [0.4, 0.5) is 5.69 Å². The zero-order valence-corrected chi connectivity index (χ0v) is 10.4. The normalized spacial score (nSPS) is 9.47. The highest BCUT2D eigenvalue weighted by Crippen LogP contribution is 2.30. The van der Waals surface area contributed by atoms with Crippen LogP contribution in [0, 0.1) is 21.4 Å². The van der Waals surface area contributed by atoms with E-state index in [9.17, 15) is 14.9 Å². The summed E-state index contributed by atoms with van der Waals surface area (Å²) in [6.45, 7) is 0. The van der Waals surface area contributed by atoms with Crippen LogP contribution >= 0.6 is 15.9 Å². The first kappa shape index (κ1) is 13.1. The first-order valence-corrected chi connectivity index (χ1v) is 5.53. The van der Waals surface area contributed by atoms with Gasteiger partial charge in [-0.1, -0.05) is 15.9 Å². The third kappa shape index (κ3) is 2.42. The van der Waals surface area contributed by atoms with Crippen LogP contribution < -0.4 is 4.74 Å². The Morgan fingerprint density at radius 2 is 2.29 bits per heavy atom. The van der Waals surface area contributed by atoms with Gasteiger partial charge in [0.25, 0.3) is 5.69 Å². The average molecular weight is 299 g/mol. The molecule has 0 aromatic heterocycles. The number of benzene rings is 1. The molecule has 6 nitrogen and oxygen atoms in total. The van der Waals surface area contributed by atoms with Crippen LogP contribution in [0.25, 0.3) is 0 Å². The van der Waals surface area contributed by atoms with Crippen LogP contribution in [0.2, 0.25) is 0 Å². The third-order valence-corrected chi connectivity index (χ3v) is 2.58. The molecule has 0 amide bonds. The van der Waals surface area contributed by atoms with E-state index in [2.05, 4.69) is 15.9 Å². The lowest BCUT2D eigenvalue weighted by atomic mass is 10.0. The van der Waals surface area contributed by atoms with Gasteiger partial charge in [0.05, 0.1) is 17.4 Å². The second-order valence-corrected chi connectivity index (χ2v) is 3.52. The van der Waals surface area contributed by atoms with Crippen LogP contribution in [0.3, 0.4) is 0 Å². The van der Waals surface area contributed by atoms with Crippen molar-refractivity contribution < 1.29 is 14.5 Å². The van der Waals surface area contributed by atoms with Crippen LogP contribution in [0.15, 0.2) is 12.1 Å². The predicted molar refractivity (Wildman–Crippen MR) is 62.5 cm³/mol. The summed E-state index contributed by atoms with van der Waals surface area (Å²) in [5, 5.41) is 19.7. The SMILES string of the molecule is COc1ccc([N+](=O)[O-])c(C(=O)CBr)c1C#N. The molecule has 0 saturated heterocycles. The maximum atomic E-state index is 11.6. The molecule has 0 aliphatic heterocycles. The Balaban J connectivity index is 3.63. The number of hydrogen-bond acceptors (Lipinski definition) is 5. The topological polar surface area (TPSA) is 93.2 Å². The molecule has 0 radical (unpaired) electrons. The van der Waals surface area contributed by atoms with Crippen molar-refractivity contribution in [1.29, 1.82) is 5.26 Å². The van der Waals surface area contributed by atoms with Gasteiger partial charge in [0.15, 0.2) is 5.78 Å². The van der Waals surface area contributed by atoms with Crippen molar-refractivity contribution in [2.24, 2.45) is 0 Å². The molecule has 0 N–H and O–H groups in total. The first-order valence-electron chi connectivity index (χ1n) is 4.41. The Bertz CT molecular complexity index is 522. The summed E-state index contributed by atoms with van der Waals surface area (Å²) >= 11 is 2.92. The average Bonchev–Trinajstić information content (AvgIpc) is 2.35. The third-order valence-electron chi connectivity index (χ3n) is 2.07. The molecule has 1 rings (SSSR count). The molecule has 0 aliphatic rings. The van der Waals surface area contributed by atoms with Gasteiger partial charge in [-0.05, 0) is 6.07 Å². The zero-order chi connectivity index (χ0) is 13.0. The Morgan fingerprint density at radius 1 is 1.65 bits per heavy atom. The van der Waals surface area contributed by atoms with Crippen molar-refractivity contribution in [2.75, 3.05) is 12.4 Å². The van der Waals surface area contributed by atoms with Crippen molar-refractivity contribution in [3.05, 3.63) is 33.4 Å². The molecule has 1 aromatic rings. The van der Waals surface area contributed by atoms with Crippen LogP contribution in [0.5, 0.6) is 5.75 Å². The maximum absolute atomic E-state index is 11.6. The summed E-state index contributed by atoms with van der Waals surface area (Å²) < 4.78 is 4.89. The Labute approximate surface area is 105 Å². The summed E-state index contributed by atoms with van der Waals surface area (Å²) in [6.07, 6.45) is 0. The minimum Gasteiger partial charge on any atom is -0.495 e. The highest BCUT2D eigenvalue weighted by Gasteiger charge is 2.26. The van der Waals surface area contributed by atoms with E-state index in [0.29, 0.717) is 0 Å². The standard InChI is InChI=1S/C10H7BrN2O4/c1-17-9-3-2-7(13(15)16)10(6(9)5-12)8(14)4-11/h2-3H,4H2,1H3. The van der Waals surface area contributed by atoms with E-state index in [1.165, 1.54) is 13.2 Å². The van der Waals surface area contributed by atoms with Gasteiger partial charge < -0.3 is 4.74 Å². The van der Waals surface area contributed by atoms with E-state index in [0.717, 1.165) is 6.07 Å². The molecule has 7 heteroatoms. The summed E-state index contributed by atoms with van der Waals surface area (Å²) in [5.74, 6) is -0.394. The number of methoxy groups -OCH3 is 1. The minimum atomic E-state index is -0.698. The van der Waals surface area contributed by atoms with E-state index in [1.807, 2.05) is 0 Å². The number of alkyl halides is 1. The van der Waals surface area contributed by atoms with Crippen LogP contribution in [-0.2, 0) is 0 Å². The number of ether oxygens (including phenoxy) is 1. The number of Topliss-reactive ketones (excluding diaryl/α,β-unsaturated/α-hetero) is 1. The molecule has 0 saturated carbocycles. The van der Waals surface area contributed by atoms with Crippen LogP contribution in [-0.4, -0.2) is 23.1 Å². The molecular weight excluding hydrogens is 292 g/mol. The summed E-state index contributed by atoms with van der Waals surface area (Å²) in [4.78, 5) is 21.7. The van der Waals surface area contributed by atoms with Crippen molar-refractivity contribution in [3.8, 4) is 11.8 Å². The fourth-order valence-electron chi connectivity index (χ4n) is 1.35. The molecule has 0 spiro atoms. The van der Waals surface area contributed by atoms with Crippen LogP contribution in [0.1, 0.15) is 15.9 Å². The van der Waals surface area contributed by atoms with Gasteiger partial charge in [-0.2, -0.15) is 5.26 Å². The van der Waals surface area contributed by atoms with E-state index < -0.39 is 16.4 Å². The molecule has 0 bridgehead atoms. The quantitative estimate of drug-likeness (QED) is 0.367. The monoisotopic (exact) mass is 298 g/mol. The number of hydrogen-bond donors (Lipinski definition) is 0. The number of carbonyl (C=O) groups is 1. The highest BCUT2D eigenvalue weighted by molar-refractivity contribution is 9.09. The summed E-state index contributed by atoms with van der Waals surface area (Å²) in [5.41, 5.74) is -0.744. The summed E-state index contributed by atoms with van der Waals surface area (Å²) in [6, 6.07) is 4.20. The molecule has 0 aliphatic carbocycles. The molecule has 1 aromatic carbocycles. The number of nitrogens with zero attached hydrogens (tertiary/aromatic N) is 2. The van der Waals surface area contributed by atoms with Gasteiger partial charge in [-0.15, -0.1) is 0 Å². The number of nitro groups is 1. The van der Waals surface area contributed by atoms with Gasteiger partial charge in [0.1, 0.15) is 22.9 Å². The molecule has 0 heterocycles. The molecular formula is C10H7BrN2O4. The number of carbonyl (C=O) groups excluding carboxylic acids is 1. The lowest BCUT2D eigenvalue weighted by Gasteiger charge is -2.07. The Hall–Kier alpha value is -1.94. The van der Waals surface area contributed by atoms with Gasteiger partial charge in [0, 0.05) is 6.07 Å². The van der Waals surface area contributed by atoms with E-state index in [1.54, 1.807) is 6.07 Å². The molecule has 0 fully saturated rings. The van der Waals surface area contributed by atoms with Crippen molar-refractivity contribution >= 4 is 27.4 Å². The number of nitro benzene ring substituents is 1. The van der Waals surface area contributed by atoms with E-state index in [-0.39, 0.29) is 22.2 Å². The van der Waals surface area contributed by atoms with Crippen molar-refractivity contribution in [1.82, 2.24) is 0 Å². The maximum Gasteiger partial charge on any atom is 0.281 e. The fourth-order valence-corrected chi connectivity index (χ4v) is 1.64. The first-order chi connectivity index (χ1) is 8.06. The second-order valence-electron chi connectivity index (χ2n) is 2.96. The van der Waals surface area contributed by atoms with E-state index >= 15 is 0 Å². The molecule has 17 heavy (non-hydrogen) atoms. The van der Waals surface area contributed by atoms with E-state index in [4.69, 9.17) is 10.00 Å². The Kier molecular flexibility index (Phi) is 4.17. The van der Waals surface area contributed by atoms with Gasteiger partial charge in [-0.25, -0.2) is 0 Å². The Morgan fingerprint density at radius 3 is 2.71 bits per heavy atom. The molecule has 0 unspecified atom stereocenters. The van der Waals surface area contributed by atoms with Gasteiger partial charge in [0.2, 0.25) is 0 Å². The number of ketones is 1. The highest BCUT2D eigenvalue weighted by atomic mass is 79.9. The second kappa shape index (κ2) is 5.41. The minimum absolute atomic E-state index is 0.102. The number of halogens is 1. The lowest BCUT2D eigenvalue weighted by Crippen LogP contribution is -2.09. The molecule has 0 atom stereocenters. The fraction of sp³-hybridized carbons (Fsp3) is 0.200. The predicted octanol–water partition coefficient (Wildman–Crippen LogP) is 2.05. The van der Waals surface area contributed by atoms with Crippen molar-refractivity contribution in [2.45, 2.75) is 0 Å². The zero-order valence-electron chi connectivity index (χ0n) is 8.77. The van der Waals surface area contributed by atoms with Crippen molar-refractivity contribution in [3.63, 3.8) is 0 Å². The largest absolute Gasteiger partial charge is 0.495 e. The number of rotatable bonds is 4. The number of nitriles is 1. The van der Waals surface area contributed by atoms with Gasteiger partial charge in [-0.3, -0.25) is 14.9 Å². The molecule has 88 valence electrons. The summed E-state index contributed by atoms with van der Waals surface area (Å²) in [7, 11) is 1.32. The lowest BCUT2D eigenvalue weighted by molar-refractivity contribution is -0.385.